The third-order valence-electron chi connectivity index (χ3n) is 8.13. The minimum Gasteiger partial charge on any atom is -0.457 e. The Morgan fingerprint density at radius 2 is 0.949 bits per heavy atom. The van der Waals surface area contributed by atoms with Crippen LogP contribution in [0.5, 0.6) is 11.5 Å². The molecule has 1 N–H and O–H groups in total. The van der Waals surface area contributed by atoms with E-state index in [1.54, 1.807) is 0 Å². The van der Waals surface area contributed by atoms with Crippen molar-refractivity contribution >= 4 is 11.4 Å². The highest BCUT2D eigenvalue weighted by Crippen LogP contribution is 2.62. The number of hydrogen-bond acceptors (Lipinski definition) is 2. The Labute approximate surface area is 228 Å². The van der Waals surface area contributed by atoms with E-state index in [2.05, 4.69) is 145 Å². The van der Waals surface area contributed by atoms with Crippen molar-refractivity contribution in [1.29, 1.82) is 0 Å². The molecule has 0 saturated heterocycles. The zero-order valence-electron chi connectivity index (χ0n) is 21.3. The molecule has 1 heterocycles. The SMILES string of the molecule is c1ccc(-c2ccc(Nc3ccc4c(c3)-c3ccccc3C43c4ccccc4Oc4ccccc43)cc2)cc1. The molecule has 6 aromatic rings. The van der Waals surface area contributed by atoms with E-state index in [1.807, 2.05) is 6.07 Å². The van der Waals surface area contributed by atoms with E-state index >= 15 is 0 Å². The largest absolute Gasteiger partial charge is 0.457 e. The maximum Gasteiger partial charge on any atom is 0.132 e. The lowest BCUT2D eigenvalue weighted by Gasteiger charge is -2.39. The van der Waals surface area contributed by atoms with Crippen LogP contribution in [0, 0.1) is 0 Å². The van der Waals surface area contributed by atoms with Crippen LogP contribution in [-0.2, 0) is 5.41 Å². The van der Waals surface area contributed by atoms with E-state index in [0.29, 0.717) is 0 Å². The molecule has 1 aliphatic heterocycles. The van der Waals surface area contributed by atoms with E-state index in [9.17, 15) is 0 Å². The van der Waals surface area contributed by atoms with Crippen LogP contribution in [0.1, 0.15) is 22.3 Å². The van der Waals surface area contributed by atoms with Crippen LogP contribution >= 0.6 is 0 Å². The van der Waals surface area contributed by atoms with Gasteiger partial charge in [-0.15, -0.1) is 0 Å². The molecule has 2 aliphatic rings. The van der Waals surface area contributed by atoms with Crippen molar-refractivity contribution in [2.24, 2.45) is 0 Å². The quantitative estimate of drug-likeness (QED) is 0.261. The second kappa shape index (κ2) is 8.47. The molecular weight excluding hydrogens is 474 g/mol. The standard InChI is InChI=1S/C37H25NO/c1-2-10-25(11-3-1)26-18-20-27(21-19-26)38-28-22-23-32-30(24-28)29-12-4-5-13-31(29)37(32)33-14-6-8-16-35(33)39-36-17-9-7-15-34(36)37/h1-24,38H. The van der Waals surface area contributed by atoms with Crippen LogP contribution < -0.4 is 10.1 Å². The summed E-state index contributed by atoms with van der Waals surface area (Å²) in [4.78, 5) is 0. The minimum atomic E-state index is -0.423. The monoisotopic (exact) mass is 499 g/mol. The number of anilines is 2. The van der Waals surface area contributed by atoms with Crippen LogP contribution in [0.15, 0.2) is 146 Å². The number of fused-ring (bicyclic) bond motifs is 9. The molecule has 0 radical (unpaired) electrons. The Balaban J connectivity index is 1.27. The first-order valence-electron chi connectivity index (χ1n) is 13.4. The zero-order valence-corrected chi connectivity index (χ0v) is 21.3. The summed E-state index contributed by atoms with van der Waals surface area (Å²) >= 11 is 0. The van der Waals surface area contributed by atoms with Crippen molar-refractivity contribution in [2.45, 2.75) is 5.41 Å². The van der Waals surface area contributed by atoms with Crippen molar-refractivity contribution in [3.8, 4) is 33.8 Å². The van der Waals surface area contributed by atoms with Crippen LogP contribution in [0.4, 0.5) is 11.4 Å². The van der Waals surface area contributed by atoms with Gasteiger partial charge in [-0.25, -0.2) is 0 Å². The summed E-state index contributed by atoms with van der Waals surface area (Å²) in [6.07, 6.45) is 0. The van der Waals surface area contributed by atoms with Gasteiger partial charge in [-0.3, -0.25) is 0 Å². The molecule has 39 heavy (non-hydrogen) atoms. The summed E-state index contributed by atoms with van der Waals surface area (Å²) in [6, 6.07) is 51.7. The summed E-state index contributed by atoms with van der Waals surface area (Å²) in [5, 5.41) is 3.65. The number of nitrogens with one attached hydrogen (secondary N) is 1. The molecule has 0 atom stereocenters. The fourth-order valence-electron chi connectivity index (χ4n) is 6.48. The van der Waals surface area contributed by atoms with Gasteiger partial charge < -0.3 is 10.1 Å². The number of rotatable bonds is 3. The summed E-state index contributed by atoms with van der Waals surface area (Å²) in [7, 11) is 0. The van der Waals surface area contributed by atoms with Gasteiger partial charge in [-0.05, 0) is 69.8 Å². The van der Waals surface area contributed by atoms with Gasteiger partial charge in [0.2, 0.25) is 0 Å². The van der Waals surface area contributed by atoms with Crippen molar-refractivity contribution in [3.63, 3.8) is 0 Å². The molecule has 0 aromatic heterocycles. The Kier molecular flexibility index (Phi) is 4.77. The summed E-state index contributed by atoms with van der Waals surface area (Å²) < 4.78 is 6.43. The summed E-state index contributed by atoms with van der Waals surface area (Å²) in [5.74, 6) is 1.83. The van der Waals surface area contributed by atoms with Crippen LogP contribution in [0.3, 0.4) is 0 Å². The van der Waals surface area contributed by atoms with Crippen molar-refractivity contribution < 1.29 is 4.74 Å². The molecule has 0 fully saturated rings. The molecule has 8 rings (SSSR count). The zero-order chi connectivity index (χ0) is 25.8. The summed E-state index contributed by atoms with van der Waals surface area (Å²) in [5.41, 5.74) is 11.6. The highest BCUT2D eigenvalue weighted by molar-refractivity contribution is 5.90. The third-order valence-corrected chi connectivity index (χ3v) is 8.13. The van der Waals surface area contributed by atoms with E-state index in [1.165, 1.54) is 44.5 Å². The maximum absolute atomic E-state index is 6.43. The van der Waals surface area contributed by atoms with Crippen LogP contribution in [-0.4, -0.2) is 0 Å². The normalized spacial score (nSPS) is 13.5. The topological polar surface area (TPSA) is 21.3 Å². The molecule has 2 heteroatoms. The number of para-hydroxylation sites is 2. The van der Waals surface area contributed by atoms with Gasteiger partial charge in [-0.1, -0.05) is 109 Å². The van der Waals surface area contributed by atoms with Gasteiger partial charge in [0.15, 0.2) is 0 Å². The second-order valence-electron chi connectivity index (χ2n) is 10.2. The van der Waals surface area contributed by atoms with Gasteiger partial charge >= 0.3 is 0 Å². The smallest absolute Gasteiger partial charge is 0.132 e. The first kappa shape index (κ1) is 22.0. The fraction of sp³-hybridized carbons (Fsp3) is 0.0270. The molecular formula is C37H25NO. The maximum atomic E-state index is 6.43. The lowest BCUT2D eigenvalue weighted by atomic mass is 9.66. The molecule has 184 valence electrons. The van der Waals surface area contributed by atoms with Gasteiger partial charge in [-0.2, -0.15) is 0 Å². The highest BCUT2D eigenvalue weighted by Gasteiger charge is 2.50. The van der Waals surface area contributed by atoms with Crippen LogP contribution in [0.25, 0.3) is 22.3 Å². The molecule has 2 nitrogen and oxygen atoms in total. The van der Waals surface area contributed by atoms with Crippen LogP contribution in [0.2, 0.25) is 0 Å². The predicted octanol–water partition coefficient (Wildman–Crippen LogP) is 9.57. The Morgan fingerprint density at radius 1 is 0.410 bits per heavy atom. The molecule has 1 aliphatic carbocycles. The average Bonchev–Trinajstić information content (AvgIpc) is 3.28. The summed E-state index contributed by atoms with van der Waals surface area (Å²) in [6.45, 7) is 0. The Hall–Kier alpha value is -5.08. The number of hydrogen-bond donors (Lipinski definition) is 1. The first-order valence-corrected chi connectivity index (χ1v) is 13.4. The van der Waals surface area contributed by atoms with Crippen molar-refractivity contribution in [2.75, 3.05) is 5.32 Å². The first-order chi connectivity index (χ1) is 19.3. The molecule has 0 saturated carbocycles. The minimum absolute atomic E-state index is 0.423. The molecule has 1 spiro atoms. The van der Waals surface area contributed by atoms with Gasteiger partial charge in [0.1, 0.15) is 11.5 Å². The Bertz CT molecular complexity index is 1810. The Morgan fingerprint density at radius 3 is 1.67 bits per heavy atom. The van der Waals surface area contributed by atoms with Crippen molar-refractivity contribution in [3.05, 3.63) is 168 Å². The van der Waals surface area contributed by atoms with Gasteiger partial charge in [0, 0.05) is 22.5 Å². The molecule has 6 aromatic carbocycles. The van der Waals surface area contributed by atoms with Gasteiger partial charge in [0.05, 0.1) is 5.41 Å². The van der Waals surface area contributed by atoms with Gasteiger partial charge in [0.25, 0.3) is 0 Å². The van der Waals surface area contributed by atoms with E-state index in [-0.39, 0.29) is 0 Å². The van der Waals surface area contributed by atoms with E-state index in [4.69, 9.17) is 4.74 Å². The number of benzene rings is 6. The molecule has 0 amide bonds. The lowest BCUT2D eigenvalue weighted by Crippen LogP contribution is -2.32. The third kappa shape index (κ3) is 3.22. The average molecular weight is 500 g/mol. The fourth-order valence-corrected chi connectivity index (χ4v) is 6.48. The number of ether oxygens (including phenoxy) is 1. The predicted molar refractivity (Wildman–Crippen MR) is 159 cm³/mol. The van der Waals surface area contributed by atoms with Crippen molar-refractivity contribution in [1.82, 2.24) is 0 Å². The highest BCUT2D eigenvalue weighted by atomic mass is 16.5. The molecule has 0 bridgehead atoms. The van der Waals surface area contributed by atoms with E-state index in [0.717, 1.165) is 22.9 Å². The lowest BCUT2D eigenvalue weighted by molar-refractivity contribution is 0.436. The molecule has 0 unspecified atom stereocenters. The second-order valence-corrected chi connectivity index (χ2v) is 10.2. The van der Waals surface area contributed by atoms with E-state index < -0.39 is 5.41 Å².